The number of benzene rings is 1. The second kappa shape index (κ2) is 8.29. The predicted octanol–water partition coefficient (Wildman–Crippen LogP) is 6.10. The van der Waals surface area contributed by atoms with Crippen LogP contribution in [-0.2, 0) is 0 Å². The van der Waals surface area contributed by atoms with E-state index in [4.69, 9.17) is 23.2 Å². The lowest BCUT2D eigenvalue weighted by molar-refractivity contribution is 0.959. The molecule has 0 heterocycles. The summed E-state index contributed by atoms with van der Waals surface area (Å²) in [5.41, 5.74) is 3.63. The van der Waals surface area contributed by atoms with Crippen LogP contribution in [0, 0.1) is 0 Å². The van der Waals surface area contributed by atoms with Gasteiger partial charge in [0.15, 0.2) is 0 Å². The minimum Gasteiger partial charge on any atom is -0.380 e. The molecule has 1 N–H and O–H groups in total. The van der Waals surface area contributed by atoms with E-state index in [2.05, 4.69) is 38.2 Å². The quantitative estimate of drug-likeness (QED) is 0.626. The van der Waals surface area contributed by atoms with Crippen molar-refractivity contribution in [1.29, 1.82) is 0 Å². The molecule has 0 radical (unpaired) electrons. The SMILES string of the molecule is CC(C)=CCCC(C)=CCNc1cc(Cl)ccc1Cl. The molecule has 0 aliphatic heterocycles. The molecule has 0 aliphatic rings. The number of allylic oxidation sites excluding steroid dienone is 3. The van der Waals surface area contributed by atoms with Gasteiger partial charge in [-0.3, -0.25) is 0 Å². The highest BCUT2D eigenvalue weighted by molar-refractivity contribution is 6.35. The van der Waals surface area contributed by atoms with Crippen LogP contribution < -0.4 is 5.32 Å². The zero-order chi connectivity index (χ0) is 14.3. The molecule has 0 aromatic heterocycles. The van der Waals surface area contributed by atoms with Gasteiger partial charge in [-0.25, -0.2) is 0 Å². The summed E-state index contributed by atoms with van der Waals surface area (Å²) >= 11 is 12.0. The molecule has 1 aromatic carbocycles. The van der Waals surface area contributed by atoms with Crippen molar-refractivity contribution in [2.24, 2.45) is 0 Å². The first-order valence-electron chi connectivity index (χ1n) is 6.47. The van der Waals surface area contributed by atoms with Gasteiger partial charge in [0.2, 0.25) is 0 Å². The Morgan fingerprint density at radius 1 is 1.16 bits per heavy atom. The highest BCUT2D eigenvalue weighted by Gasteiger charge is 1.99. The molecule has 0 atom stereocenters. The molecule has 1 rings (SSSR count). The van der Waals surface area contributed by atoms with Gasteiger partial charge in [-0.05, 0) is 51.8 Å². The van der Waals surface area contributed by atoms with Crippen molar-refractivity contribution in [3.05, 3.63) is 51.5 Å². The van der Waals surface area contributed by atoms with Crippen molar-refractivity contribution in [2.45, 2.75) is 33.6 Å². The summed E-state index contributed by atoms with van der Waals surface area (Å²) in [6, 6.07) is 5.43. The Kier molecular flexibility index (Phi) is 7.04. The van der Waals surface area contributed by atoms with Gasteiger partial charge in [0.1, 0.15) is 0 Å². The fraction of sp³-hybridized carbons (Fsp3) is 0.375. The third kappa shape index (κ3) is 6.70. The predicted molar refractivity (Wildman–Crippen MR) is 87.4 cm³/mol. The Balaban J connectivity index is 2.44. The molecule has 1 aromatic rings. The molecule has 0 spiro atoms. The topological polar surface area (TPSA) is 12.0 Å². The van der Waals surface area contributed by atoms with Crippen LogP contribution in [-0.4, -0.2) is 6.54 Å². The third-order valence-corrected chi connectivity index (χ3v) is 3.33. The van der Waals surface area contributed by atoms with Gasteiger partial charge in [0, 0.05) is 11.6 Å². The fourth-order valence-electron chi connectivity index (χ4n) is 1.66. The molecule has 0 fully saturated rings. The zero-order valence-electron chi connectivity index (χ0n) is 11.8. The number of halogens is 2. The standard InChI is InChI=1S/C16H21Cl2N/c1-12(2)5-4-6-13(3)9-10-19-16-11-14(17)7-8-15(16)18/h5,7-9,11,19H,4,6,10H2,1-3H3. The first kappa shape index (κ1) is 16.1. The maximum atomic E-state index is 6.08. The van der Waals surface area contributed by atoms with E-state index in [1.165, 1.54) is 11.1 Å². The van der Waals surface area contributed by atoms with E-state index < -0.39 is 0 Å². The number of nitrogens with one attached hydrogen (secondary N) is 1. The molecule has 0 bridgehead atoms. The average molecular weight is 298 g/mol. The second-order valence-electron chi connectivity index (χ2n) is 4.88. The maximum Gasteiger partial charge on any atom is 0.0638 e. The van der Waals surface area contributed by atoms with Crippen LogP contribution in [0.5, 0.6) is 0 Å². The van der Waals surface area contributed by atoms with Crippen molar-refractivity contribution in [3.8, 4) is 0 Å². The van der Waals surface area contributed by atoms with Gasteiger partial charge in [-0.15, -0.1) is 0 Å². The van der Waals surface area contributed by atoms with Gasteiger partial charge in [0.25, 0.3) is 0 Å². The summed E-state index contributed by atoms with van der Waals surface area (Å²) in [5, 5.41) is 4.66. The molecule has 0 saturated carbocycles. The zero-order valence-corrected chi connectivity index (χ0v) is 13.3. The van der Waals surface area contributed by atoms with E-state index in [-0.39, 0.29) is 0 Å². The van der Waals surface area contributed by atoms with E-state index >= 15 is 0 Å². The van der Waals surface area contributed by atoms with E-state index in [0.29, 0.717) is 10.0 Å². The van der Waals surface area contributed by atoms with Gasteiger partial charge in [-0.1, -0.05) is 46.5 Å². The number of anilines is 1. The van der Waals surface area contributed by atoms with Crippen LogP contribution >= 0.6 is 23.2 Å². The van der Waals surface area contributed by atoms with E-state index in [1.807, 2.05) is 6.07 Å². The Labute approximate surface area is 126 Å². The Hall–Kier alpha value is -0.920. The van der Waals surface area contributed by atoms with Crippen LogP contribution in [0.1, 0.15) is 33.6 Å². The lowest BCUT2D eigenvalue weighted by Gasteiger charge is -2.07. The largest absolute Gasteiger partial charge is 0.380 e. The second-order valence-corrected chi connectivity index (χ2v) is 5.72. The number of hydrogen-bond acceptors (Lipinski definition) is 1. The minimum atomic E-state index is 0.691. The lowest BCUT2D eigenvalue weighted by atomic mass is 10.1. The van der Waals surface area contributed by atoms with Gasteiger partial charge < -0.3 is 5.32 Å². The molecule has 19 heavy (non-hydrogen) atoms. The monoisotopic (exact) mass is 297 g/mol. The molecular formula is C16H21Cl2N. The minimum absolute atomic E-state index is 0.691. The first-order chi connectivity index (χ1) is 8.99. The van der Waals surface area contributed by atoms with E-state index in [9.17, 15) is 0 Å². The summed E-state index contributed by atoms with van der Waals surface area (Å²) < 4.78 is 0. The van der Waals surface area contributed by atoms with Crippen molar-refractivity contribution < 1.29 is 0 Å². The molecule has 1 nitrogen and oxygen atoms in total. The van der Waals surface area contributed by atoms with E-state index in [0.717, 1.165) is 25.1 Å². The van der Waals surface area contributed by atoms with Crippen LogP contribution in [0.2, 0.25) is 10.0 Å². The average Bonchev–Trinajstić information content (AvgIpc) is 2.33. The van der Waals surface area contributed by atoms with Crippen molar-refractivity contribution in [1.82, 2.24) is 0 Å². The highest BCUT2D eigenvalue weighted by atomic mass is 35.5. The highest BCUT2D eigenvalue weighted by Crippen LogP contribution is 2.25. The first-order valence-corrected chi connectivity index (χ1v) is 7.22. The lowest BCUT2D eigenvalue weighted by Crippen LogP contribution is -1.99. The maximum absolute atomic E-state index is 6.08. The summed E-state index contributed by atoms with van der Waals surface area (Å²) in [7, 11) is 0. The Morgan fingerprint density at radius 2 is 1.89 bits per heavy atom. The van der Waals surface area contributed by atoms with E-state index in [1.54, 1.807) is 12.1 Å². The molecule has 3 heteroatoms. The normalized spacial score (nSPS) is 11.3. The molecule has 104 valence electrons. The van der Waals surface area contributed by atoms with Crippen LogP contribution in [0.25, 0.3) is 0 Å². The smallest absolute Gasteiger partial charge is 0.0638 e. The molecular weight excluding hydrogens is 277 g/mol. The summed E-state index contributed by atoms with van der Waals surface area (Å²) in [6.07, 6.45) is 6.65. The third-order valence-electron chi connectivity index (χ3n) is 2.76. The molecule has 0 unspecified atom stereocenters. The van der Waals surface area contributed by atoms with Gasteiger partial charge in [-0.2, -0.15) is 0 Å². The summed E-state index contributed by atoms with van der Waals surface area (Å²) in [6.45, 7) is 7.17. The fourth-order valence-corrected chi connectivity index (χ4v) is 2.02. The van der Waals surface area contributed by atoms with Crippen molar-refractivity contribution >= 4 is 28.9 Å². The molecule has 0 saturated heterocycles. The Bertz CT molecular complexity index is 472. The molecule has 0 amide bonds. The number of rotatable bonds is 6. The Morgan fingerprint density at radius 3 is 2.58 bits per heavy atom. The van der Waals surface area contributed by atoms with Crippen molar-refractivity contribution in [3.63, 3.8) is 0 Å². The van der Waals surface area contributed by atoms with Crippen molar-refractivity contribution in [2.75, 3.05) is 11.9 Å². The number of hydrogen-bond donors (Lipinski definition) is 1. The van der Waals surface area contributed by atoms with Crippen LogP contribution in [0.4, 0.5) is 5.69 Å². The summed E-state index contributed by atoms with van der Waals surface area (Å²) in [4.78, 5) is 0. The van der Waals surface area contributed by atoms with Gasteiger partial charge >= 0.3 is 0 Å². The molecule has 0 aliphatic carbocycles. The van der Waals surface area contributed by atoms with Crippen LogP contribution in [0.15, 0.2) is 41.5 Å². The summed E-state index contributed by atoms with van der Waals surface area (Å²) in [5.74, 6) is 0. The van der Waals surface area contributed by atoms with Crippen LogP contribution in [0.3, 0.4) is 0 Å². The van der Waals surface area contributed by atoms with Gasteiger partial charge in [0.05, 0.1) is 10.7 Å².